The highest BCUT2D eigenvalue weighted by Crippen LogP contribution is 2.24. The van der Waals surface area contributed by atoms with Crippen molar-refractivity contribution in [3.8, 4) is 0 Å². The summed E-state index contributed by atoms with van der Waals surface area (Å²) in [5.41, 5.74) is 2.03. The number of aliphatic imine (C=N–C) groups is 1. The van der Waals surface area contributed by atoms with Crippen LogP contribution >= 0.6 is 0 Å². The van der Waals surface area contributed by atoms with E-state index < -0.39 is 0 Å². The lowest BCUT2D eigenvalue weighted by atomic mass is 10.0. The van der Waals surface area contributed by atoms with Crippen molar-refractivity contribution in [2.24, 2.45) is 4.99 Å². The van der Waals surface area contributed by atoms with Gasteiger partial charge in [0.25, 0.3) is 0 Å². The lowest BCUT2D eigenvalue weighted by molar-refractivity contribution is 0.0283. The van der Waals surface area contributed by atoms with Gasteiger partial charge in [-0.3, -0.25) is 4.99 Å². The number of fused-ring (bicyclic) bond motifs is 1. The summed E-state index contributed by atoms with van der Waals surface area (Å²) in [6.45, 7) is 7.50. The maximum Gasteiger partial charge on any atom is 0.191 e. The maximum atomic E-state index is 5.81. The van der Waals surface area contributed by atoms with Crippen LogP contribution in [0, 0.1) is 0 Å². The van der Waals surface area contributed by atoms with Crippen LogP contribution in [0.25, 0.3) is 11.0 Å². The van der Waals surface area contributed by atoms with Gasteiger partial charge in [0.1, 0.15) is 5.82 Å². The van der Waals surface area contributed by atoms with Crippen LogP contribution in [-0.2, 0) is 11.2 Å². The molecule has 2 aromatic rings. The first-order chi connectivity index (χ1) is 12.2. The van der Waals surface area contributed by atoms with Gasteiger partial charge in [0.15, 0.2) is 5.96 Å². The Bertz CT molecular complexity index is 670. The Morgan fingerprint density at radius 2 is 2.24 bits per heavy atom. The lowest BCUT2D eigenvalue weighted by Crippen LogP contribution is -2.39. The number of hydrogen-bond donors (Lipinski definition) is 3. The molecule has 1 aromatic heterocycles. The summed E-state index contributed by atoms with van der Waals surface area (Å²) < 4.78 is 5.81. The number of benzene rings is 1. The molecular weight excluding hydrogens is 314 g/mol. The molecule has 1 fully saturated rings. The number of H-pyrrole nitrogens is 1. The zero-order valence-corrected chi connectivity index (χ0v) is 15.3. The molecule has 0 radical (unpaired) electrons. The molecule has 25 heavy (non-hydrogen) atoms. The van der Waals surface area contributed by atoms with E-state index in [0.717, 1.165) is 68.2 Å². The molecule has 6 heteroatoms. The van der Waals surface area contributed by atoms with Crippen LogP contribution < -0.4 is 10.6 Å². The first-order valence-corrected chi connectivity index (χ1v) is 9.28. The van der Waals surface area contributed by atoms with Crippen LogP contribution in [0.2, 0.25) is 0 Å². The Morgan fingerprint density at radius 3 is 3.00 bits per heavy atom. The first kappa shape index (κ1) is 17.7. The topological polar surface area (TPSA) is 74.3 Å². The number of aromatic nitrogens is 2. The molecule has 6 nitrogen and oxygen atoms in total. The highest BCUT2D eigenvalue weighted by atomic mass is 16.5. The molecule has 3 rings (SSSR count). The first-order valence-electron chi connectivity index (χ1n) is 9.28. The fourth-order valence-corrected chi connectivity index (χ4v) is 3.14. The van der Waals surface area contributed by atoms with Crippen molar-refractivity contribution in [2.45, 2.75) is 45.1 Å². The minimum absolute atomic E-state index is 0.101. The normalized spacial score (nSPS) is 21.0. The Hall–Kier alpha value is -2.08. The number of hydrogen-bond acceptors (Lipinski definition) is 3. The van der Waals surface area contributed by atoms with Gasteiger partial charge in [-0.2, -0.15) is 0 Å². The van der Waals surface area contributed by atoms with Crippen LogP contribution in [0.1, 0.15) is 38.9 Å². The van der Waals surface area contributed by atoms with E-state index in [1.807, 2.05) is 18.2 Å². The summed E-state index contributed by atoms with van der Waals surface area (Å²) in [7, 11) is 0. The van der Waals surface area contributed by atoms with Gasteiger partial charge in [-0.05, 0) is 45.2 Å². The van der Waals surface area contributed by atoms with E-state index in [2.05, 4.69) is 40.5 Å². The third kappa shape index (κ3) is 4.95. The predicted molar refractivity (Wildman–Crippen MR) is 102 cm³/mol. The SMILES string of the molecule is CCNC(=NCC1(C)CCCO1)NCCCc1nc2ccccc2[nH]1. The zero-order valence-electron chi connectivity index (χ0n) is 15.3. The average Bonchev–Trinajstić information content (AvgIpc) is 3.22. The van der Waals surface area contributed by atoms with Crippen LogP contribution in [0.3, 0.4) is 0 Å². The van der Waals surface area contributed by atoms with Crippen LogP contribution in [0.5, 0.6) is 0 Å². The Balaban J connectivity index is 1.46. The average molecular weight is 343 g/mol. The van der Waals surface area contributed by atoms with Gasteiger partial charge in [-0.1, -0.05) is 12.1 Å². The van der Waals surface area contributed by atoms with E-state index in [1.54, 1.807) is 0 Å². The van der Waals surface area contributed by atoms with Crippen molar-refractivity contribution in [3.05, 3.63) is 30.1 Å². The molecule has 0 spiro atoms. The summed E-state index contributed by atoms with van der Waals surface area (Å²) in [4.78, 5) is 12.7. The largest absolute Gasteiger partial charge is 0.373 e. The molecule has 136 valence electrons. The van der Waals surface area contributed by atoms with Gasteiger partial charge in [0.05, 0.1) is 23.2 Å². The zero-order chi connectivity index (χ0) is 17.5. The number of nitrogens with zero attached hydrogens (tertiary/aromatic N) is 2. The van der Waals surface area contributed by atoms with Crippen LogP contribution in [0.4, 0.5) is 0 Å². The van der Waals surface area contributed by atoms with Crippen molar-refractivity contribution in [1.82, 2.24) is 20.6 Å². The molecule has 0 bridgehead atoms. The highest BCUT2D eigenvalue weighted by Gasteiger charge is 2.29. The molecule has 1 aliphatic heterocycles. The standard InChI is InChI=1S/C19H29N5O/c1-3-20-18(22-14-19(2)11-7-13-25-19)21-12-6-10-17-23-15-8-4-5-9-16(15)24-17/h4-5,8-9H,3,6-7,10-14H2,1-2H3,(H,23,24)(H2,20,21,22). The molecule has 1 aliphatic rings. The van der Waals surface area contributed by atoms with Gasteiger partial charge in [-0.25, -0.2) is 4.98 Å². The molecule has 0 aliphatic carbocycles. The van der Waals surface area contributed by atoms with Gasteiger partial charge in [-0.15, -0.1) is 0 Å². The number of aromatic amines is 1. The van der Waals surface area contributed by atoms with E-state index in [9.17, 15) is 0 Å². The van der Waals surface area contributed by atoms with Gasteiger partial charge < -0.3 is 20.4 Å². The second kappa shape index (κ2) is 8.34. The monoisotopic (exact) mass is 343 g/mol. The summed E-state index contributed by atoms with van der Waals surface area (Å²) in [6, 6.07) is 8.14. The number of imidazole rings is 1. The number of para-hydroxylation sites is 2. The van der Waals surface area contributed by atoms with Crippen molar-refractivity contribution >= 4 is 17.0 Å². The van der Waals surface area contributed by atoms with Crippen LogP contribution in [0.15, 0.2) is 29.3 Å². The van der Waals surface area contributed by atoms with Crippen molar-refractivity contribution in [2.75, 3.05) is 26.2 Å². The lowest BCUT2D eigenvalue weighted by Gasteiger charge is -2.21. The quantitative estimate of drug-likeness (QED) is 0.410. The Labute approximate surface area is 149 Å². The summed E-state index contributed by atoms with van der Waals surface area (Å²) in [6.07, 6.45) is 4.13. The molecule has 1 aromatic carbocycles. The Kier molecular flexibility index (Phi) is 5.91. The fraction of sp³-hybridized carbons (Fsp3) is 0.579. The minimum atomic E-state index is -0.101. The molecular formula is C19H29N5O. The highest BCUT2D eigenvalue weighted by molar-refractivity contribution is 5.79. The van der Waals surface area contributed by atoms with E-state index in [-0.39, 0.29) is 5.60 Å². The number of aryl methyl sites for hydroxylation is 1. The summed E-state index contributed by atoms with van der Waals surface area (Å²) in [5, 5.41) is 6.71. The van der Waals surface area contributed by atoms with Gasteiger partial charge in [0.2, 0.25) is 0 Å². The number of nitrogens with one attached hydrogen (secondary N) is 3. The van der Waals surface area contributed by atoms with E-state index in [1.165, 1.54) is 0 Å². The molecule has 0 saturated carbocycles. The molecule has 2 heterocycles. The molecule has 1 atom stereocenters. The van der Waals surface area contributed by atoms with Crippen molar-refractivity contribution in [1.29, 1.82) is 0 Å². The second-order valence-corrected chi connectivity index (χ2v) is 6.83. The van der Waals surface area contributed by atoms with Gasteiger partial charge >= 0.3 is 0 Å². The van der Waals surface area contributed by atoms with Crippen molar-refractivity contribution < 1.29 is 4.74 Å². The third-order valence-corrected chi connectivity index (χ3v) is 4.54. The van der Waals surface area contributed by atoms with Crippen LogP contribution in [-0.4, -0.2) is 47.8 Å². The predicted octanol–water partition coefficient (Wildman–Crippen LogP) is 2.62. The maximum absolute atomic E-state index is 5.81. The number of rotatable bonds is 7. The van der Waals surface area contributed by atoms with E-state index in [0.29, 0.717) is 6.54 Å². The molecule has 1 saturated heterocycles. The van der Waals surface area contributed by atoms with Gasteiger partial charge in [0, 0.05) is 26.1 Å². The molecule has 3 N–H and O–H groups in total. The summed E-state index contributed by atoms with van der Waals surface area (Å²) >= 11 is 0. The van der Waals surface area contributed by atoms with E-state index >= 15 is 0 Å². The van der Waals surface area contributed by atoms with E-state index in [4.69, 9.17) is 9.73 Å². The minimum Gasteiger partial charge on any atom is -0.373 e. The third-order valence-electron chi connectivity index (χ3n) is 4.54. The smallest absolute Gasteiger partial charge is 0.191 e. The number of ether oxygens (including phenoxy) is 1. The van der Waals surface area contributed by atoms with Crippen molar-refractivity contribution in [3.63, 3.8) is 0 Å². The summed E-state index contributed by atoms with van der Waals surface area (Å²) in [5.74, 6) is 1.90. The number of guanidine groups is 1. The molecule has 0 amide bonds. The molecule has 1 unspecified atom stereocenters. The fourth-order valence-electron chi connectivity index (χ4n) is 3.14. The second-order valence-electron chi connectivity index (χ2n) is 6.83. The Morgan fingerprint density at radius 1 is 1.36 bits per heavy atom.